The molecule has 3 heteroatoms. The number of carbonyl (C=O) groups is 1. The van der Waals surface area contributed by atoms with Gasteiger partial charge < -0.3 is 0 Å². The largest absolute Gasteiger partial charge is 0.299 e. The van der Waals surface area contributed by atoms with Gasteiger partial charge in [-0.1, -0.05) is 23.7 Å². The molecule has 0 aliphatic carbocycles. The van der Waals surface area contributed by atoms with E-state index in [2.05, 4.69) is 0 Å². The summed E-state index contributed by atoms with van der Waals surface area (Å²) in [5, 5.41) is 0.725. The van der Waals surface area contributed by atoms with Crippen molar-refractivity contribution in [3.63, 3.8) is 0 Å². The van der Waals surface area contributed by atoms with Crippen LogP contribution in [-0.2, 0) is 11.2 Å². The Balaban J connectivity index is 1.90. The molecule has 1 aromatic rings. The molecular formula is C15H19ClOS. The normalized spacial score (nSPS) is 16.8. The quantitative estimate of drug-likeness (QED) is 0.819. The van der Waals surface area contributed by atoms with Crippen LogP contribution in [0.3, 0.4) is 0 Å². The highest BCUT2D eigenvalue weighted by Gasteiger charge is 2.17. The first-order valence-electron chi connectivity index (χ1n) is 6.49. The van der Waals surface area contributed by atoms with Gasteiger partial charge in [0.15, 0.2) is 0 Å². The second-order valence-electron chi connectivity index (χ2n) is 5.07. The Bertz CT molecular complexity index is 425. The van der Waals surface area contributed by atoms with Crippen LogP contribution in [0.4, 0.5) is 0 Å². The van der Waals surface area contributed by atoms with E-state index in [-0.39, 0.29) is 0 Å². The van der Waals surface area contributed by atoms with E-state index in [1.54, 1.807) is 0 Å². The van der Waals surface area contributed by atoms with Crippen LogP contribution >= 0.6 is 23.4 Å². The molecular weight excluding hydrogens is 264 g/mol. The zero-order chi connectivity index (χ0) is 13.0. The van der Waals surface area contributed by atoms with Gasteiger partial charge in [-0.2, -0.15) is 11.8 Å². The summed E-state index contributed by atoms with van der Waals surface area (Å²) in [5.74, 6) is 3.35. The van der Waals surface area contributed by atoms with Crippen molar-refractivity contribution in [2.24, 2.45) is 5.92 Å². The minimum atomic E-state index is 0.331. The Morgan fingerprint density at radius 1 is 1.39 bits per heavy atom. The first kappa shape index (κ1) is 14.0. The number of halogens is 1. The molecule has 1 heterocycles. The van der Waals surface area contributed by atoms with E-state index in [0.29, 0.717) is 18.1 Å². The molecule has 0 bridgehead atoms. The second kappa shape index (κ2) is 6.63. The van der Waals surface area contributed by atoms with E-state index in [0.717, 1.165) is 22.6 Å². The number of hydrogen-bond donors (Lipinski definition) is 0. The van der Waals surface area contributed by atoms with Crippen LogP contribution in [0, 0.1) is 12.8 Å². The predicted molar refractivity (Wildman–Crippen MR) is 79.6 cm³/mol. The average Bonchev–Trinajstić information content (AvgIpc) is 2.34. The van der Waals surface area contributed by atoms with Crippen molar-refractivity contribution in [3.05, 3.63) is 34.3 Å². The minimum Gasteiger partial charge on any atom is -0.299 e. The molecule has 1 saturated heterocycles. The molecule has 1 nitrogen and oxygen atoms in total. The highest BCUT2D eigenvalue weighted by Crippen LogP contribution is 2.26. The summed E-state index contributed by atoms with van der Waals surface area (Å²) in [6.45, 7) is 2.01. The lowest BCUT2D eigenvalue weighted by atomic mass is 9.93. The van der Waals surface area contributed by atoms with Gasteiger partial charge in [0.1, 0.15) is 5.78 Å². The monoisotopic (exact) mass is 282 g/mol. The van der Waals surface area contributed by atoms with Crippen LogP contribution in [0.1, 0.15) is 30.4 Å². The fraction of sp³-hybridized carbons (Fsp3) is 0.533. The first-order valence-corrected chi connectivity index (χ1v) is 8.03. The molecule has 1 fully saturated rings. The summed E-state index contributed by atoms with van der Waals surface area (Å²) < 4.78 is 0. The van der Waals surface area contributed by atoms with Gasteiger partial charge >= 0.3 is 0 Å². The molecule has 0 amide bonds. The number of benzene rings is 1. The van der Waals surface area contributed by atoms with Crippen molar-refractivity contribution in [1.82, 2.24) is 0 Å². The molecule has 0 N–H and O–H groups in total. The van der Waals surface area contributed by atoms with E-state index in [1.807, 2.05) is 36.9 Å². The maximum Gasteiger partial charge on any atom is 0.137 e. The highest BCUT2D eigenvalue weighted by atomic mass is 35.5. The van der Waals surface area contributed by atoms with E-state index in [9.17, 15) is 4.79 Å². The van der Waals surface area contributed by atoms with Gasteiger partial charge in [-0.3, -0.25) is 4.79 Å². The molecule has 0 unspecified atom stereocenters. The molecule has 0 atom stereocenters. The van der Waals surface area contributed by atoms with Crippen LogP contribution < -0.4 is 0 Å². The van der Waals surface area contributed by atoms with Gasteiger partial charge in [0.05, 0.1) is 0 Å². The Kier molecular flexibility index (Phi) is 5.13. The number of carbonyl (C=O) groups excluding carboxylic acids is 1. The number of rotatable bonds is 4. The van der Waals surface area contributed by atoms with Crippen LogP contribution in [0.2, 0.25) is 5.02 Å². The second-order valence-corrected chi connectivity index (χ2v) is 6.70. The lowest BCUT2D eigenvalue weighted by molar-refractivity contribution is -0.119. The molecule has 0 radical (unpaired) electrons. The Labute approximate surface area is 118 Å². The number of aryl methyl sites for hydroxylation is 1. The van der Waals surface area contributed by atoms with Gasteiger partial charge in [-0.25, -0.2) is 0 Å². The summed E-state index contributed by atoms with van der Waals surface area (Å²) >= 11 is 8.16. The molecule has 98 valence electrons. The van der Waals surface area contributed by atoms with Crippen molar-refractivity contribution < 1.29 is 4.79 Å². The number of ketones is 1. The zero-order valence-corrected chi connectivity index (χ0v) is 12.3. The lowest BCUT2D eigenvalue weighted by Gasteiger charge is -2.20. The molecule has 1 aromatic carbocycles. The summed E-state index contributed by atoms with van der Waals surface area (Å²) in [5.41, 5.74) is 2.11. The molecule has 0 aromatic heterocycles. The van der Waals surface area contributed by atoms with E-state index in [1.165, 1.54) is 24.3 Å². The van der Waals surface area contributed by atoms with Crippen LogP contribution in [-0.4, -0.2) is 17.3 Å². The van der Waals surface area contributed by atoms with Crippen molar-refractivity contribution in [2.45, 2.75) is 32.6 Å². The van der Waals surface area contributed by atoms with Gasteiger partial charge in [0.2, 0.25) is 0 Å². The maximum atomic E-state index is 12.1. The molecule has 0 saturated carbocycles. The summed E-state index contributed by atoms with van der Waals surface area (Å²) in [4.78, 5) is 12.1. The number of Topliss-reactive ketones (excluding diaryl/α,β-unsaturated/α-hetero) is 1. The van der Waals surface area contributed by atoms with Crippen molar-refractivity contribution in [2.75, 3.05) is 11.5 Å². The molecule has 1 aliphatic rings. The van der Waals surface area contributed by atoms with Crippen molar-refractivity contribution >= 4 is 29.1 Å². The lowest BCUT2D eigenvalue weighted by Crippen LogP contribution is -2.15. The first-order chi connectivity index (χ1) is 8.65. The average molecular weight is 283 g/mol. The van der Waals surface area contributed by atoms with Gasteiger partial charge in [-0.15, -0.1) is 0 Å². The smallest absolute Gasteiger partial charge is 0.137 e. The van der Waals surface area contributed by atoms with Crippen molar-refractivity contribution in [1.29, 1.82) is 0 Å². The number of thioether (sulfide) groups is 1. The summed E-state index contributed by atoms with van der Waals surface area (Å²) in [6.07, 6.45) is 3.60. The third kappa shape index (κ3) is 4.03. The zero-order valence-electron chi connectivity index (χ0n) is 10.7. The third-order valence-corrected chi connectivity index (χ3v) is 4.85. The van der Waals surface area contributed by atoms with Crippen molar-refractivity contribution in [3.8, 4) is 0 Å². The summed E-state index contributed by atoms with van der Waals surface area (Å²) in [7, 11) is 0. The maximum absolute atomic E-state index is 12.1. The molecule has 1 aliphatic heterocycles. The van der Waals surface area contributed by atoms with E-state index < -0.39 is 0 Å². The SMILES string of the molecule is Cc1ccc(CC(=O)CC2CCSCC2)c(Cl)c1. The van der Waals surface area contributed by atoms with Crippen LogP contribution in [0.5, 0.6) is 0 Å². The third-order valence-electron chi connectivity index (χ3n) is 3.45. The van der Waals surface area contributed by atoms with E-state index in [4.69, 9.17) is 11.6 Å². The highest BCUT2D eigenvalue weighted by molar-refractivity contribution is 7.99. The van der Waals surface area contributed by atoms with Gasteiger partial charge in [-0.05, 0) is 54.4 Å². The predicted octanol–water partition coefficient (Wildman–Crippen LogP) is 4.29. The number of hydrogen-bond acceptors (Lipinski definition) is 2. The van der Waals surface area contributed by atoms with Gasteiger partial charge in [0, 0.05) is 17.9 Å². The molecule has 2 rings (SSSR count). The molecule has 0 spiro atoms. The van der Waals surface area contributed by atoms with Crippen LogP contribution in [0.15, 0.2) is 18.2 Å². The molecule has 18 heavy (non-hydrogen) atoms. The Morgan fingerprint density at radius 3 is 2.78 bits per heavy atom. The standard InChI is InChI=1S/C15H19ClOS/c1-11-2-3-13(15(16)8-11)10-14(17)9-12-4-6-18-7-5-12/h2-3,8,12H,4-7,9-10H2,1H3. The van der Waals surface area contributed by atoms with E-state index >= 15 is 0 Å². The topological polar surface area (TPSA) is 17.1 Å². The fourth-order valence-electron chi connectivity index (χ4n) is 2.35. The fourth-order valence-corrected chi connectivity index (χ4v) is 3.86. The Hall–Kier alpha value is -0.470. The van der Waals surface area contributed by atoms with Crippen LogP contribution in [0.25, 0.3) is 0 Å². The summed E-state index contributed by atoms with van der Waals surface area (Å²) in [6, 6.07) is 5.93. The van der Waals surface area contributed by atoms with Gasteiger partial charge in [0.25, 0.3) is 0 Å². The Morgan fingerprint density at radius 2 is 2.11 bits per heavy atom. The minimum absolute atomic E-state index is 0.331.